The Hall–Kier alpha value is -0.180. The van der Waals surface area contributed by atoms with Gasteiger partial charge in [-0.25, -0.2) is 0 Å². The van der Waals surface area contributed by atoms with Crippen LogP contribution in [0, 0.1) is 5.92 Å². The molecule has 126 valence electrons. The summed E-state index contributed by atoms with van der Waals surface area (Å²) in [6, 6.07) is 0. The van der Waals surface area contributed by atoms with Crippen LogP contribution in [0.5, 0.6) is 0 Å². The molecule has 0 aromatic heterocycles. The summed E-state index contributed by atoms with van der Waals surface area (Å²) in [5.41, 5.74) is 5.39. The number of primary amides is 1. The van der Waals surface area contributed by atoms with Crippen LogP contribution < -0.4 is 5.73 Å². The summed E-state index contributed by atoms with van der Waals surface area (Å²) in [6.07, 6.45) is 18.0. The van der Waals surface area contributed by atoms with Crippen LogP contribution in [0.15, 0.2) is 0 Å². The summed E-state index contributed by atoms with van der Waals surface area (Å²) in [7, 11) is 0. The minimum atomic E-state index is -0.146. The number of carbonyl (C=O) groups excluding carboxylic acids is 1. The van der Waals surface area contributed by atoms with Crippen molar-refractivity contribution in [1.82, 2.24) is 0 Å². The number of hydrogen-bond donors (Lipinski definition) is 2. The molecule has 0 radical (unpaired) electrons. The van der Waals surface area contributed by atoms with Crippen molar-refractivity contribution in [1.29, 1.82) is 0 Å². The van der Waals surface area contributed by atoms with Crippen LogP contribution in [0.25, 0.3) is 0 Å². The number of amides is 1. The SMILES string of the molecule is CCCCCCCCCCCCCCC(CCS)C(N)=O. The van der Waals surface area contributed by atoms with Gasteiger partial charge in [-0.15, -0.1) is 0 Å². The van der Waals surface area contributed by atoms with Crippen LogP contribution >= 0.6 is 12.6 Å². The van der Waals surface area contributed by atoms with E-state index in [4.69, 9.17) is 5.73 Å². The van der Waals surface area contributed by atoms with E-state index in [1.54, 1.807) is 0 Å². The number of hydrogen-bond acceptors (Lipinski definition) is 2. The molecule has 2 N–H and O–H groups in total. The summed E-state index contributed by atoms with van der Waals surface area (Å²) in [5.74, 6) is 0.657. The second-order valence-electron chi connectivity index (χ2n) is 6.29. The van der Waals surface area contributed by atoms with Crippen molar-refractivity contribution >= 4 is 18.5 Å². The van der Waals surface area contributed by atoms with Gasteiger partial charge < -0.3 is 5.73 Å². The molecule has 0 aliphatic carbocycles. The van der Waals surface area contributed by atoms with Crippen molar-refractivity contribution in [2.24, 2.45) is 11.7 Å². The summed E-state index contributed by atoms with van der Waals surface area (Å²) in [6.45, 7) is 2.27. The van der Waals surface area contributed by atoms with Crippen LogP contribution in [0.1, 0.15) is 96.8 Å². The summed E-state index contributed by atoms with van der Waals surface area (Å²) >= 11 is 4.18. The van der Waals surface area contributed by atoms with Crippen LogP contribution in [0.2, 0.25) is 0 Å². The van der Waals surface area contributed by atoms with E-state index >= 15 is 0 Å². The molecule has 0 aromatic rings. The monoisotopic (exact) mass is 315 g/mol. The third-order valence-corrected chi connectivity index (χ3v) is 4.54. The first-order valence-corrected chi connectivity index (χ1v) is 9.75. The van der Waals surface area contributed by atoms with Gasteiger partial charge in [-0.3, -0.25) is 4.79 Å². The lowest BCUT2D eigenvalue weighted by atomic mass is 9.97. The van der Waals surface area contributed by atoms with Gasteiger partial charge in [0.15, 0.2) is 0 Å². The quantitative estimate of drug-likeness (QED) is 0.287. The van der Waals surface area contributed by atoms with E-state index < -0.39 is 0 Å². The smallest absolute Gasteiger partial charge is 0.220 e. The molecule has 21 heavy (non-hydrogen) atoms. The van der Waals surface area contributed by atoms with Crippen LogP contribution in [-0.4, -0.2) is 11.7 Å². The molecule has 2 nitrogen and oxygen atoms in total. The summed E-state index contributed by atoms with van der Waals surface area (Å²) in [5, 5.41) is 0. The molecule has 0 saturated carbocycles. The van der Waals surface area contributed by atoms with Crippen LogP contribution in [-0.2, 0) is 4.79 Å². The van der Waals surface area contributed by atoms with Gasteiger partial charge in [-0.2, -0.15) is 12.6 Å². The molecule has 0 rings (SSSR count). The molecule has 0 saturated heterocycles. The van der Waals surface area contributed by atoms with E-state index in [2.05, 4.69) is 19.6 Å². The first-order chi connectivity index (χ1) is 10.2. The first kappa shape index (κ1) is 20.8. The van der Waals surface area contributed by atoms with Crippen LogP contribution in [0.3, 0.4) is 0 Å². The Kier molecular flexibility index (Phi) is 16.1. The highest BCUT2D eigenvalue weighted by Crippen LogP contribution is 2.16. The van der Waals surface area contributed by atoms with Gasteiger partial charge in [0, 0.05) is 5.92 Å². The van der Waals surface area contributed by atoms with Gasteiger partial charge in [0.05, 0.1) is 0 Å². The van der Waals surface area contributed by atoms with Gasteiger partial charge in [0.25, 0.3) is 0 Å². The number of carbonyl (C=O) groups is 1. The number of thiol groups is 1. The molecule has 0 bridgehead atoms. The molecule has 1 amide bonds. The van der Waals surface area contributed by atoms with Crippen molar-refractivity contribution in [3.8, 4) is 0 Å². The predicted octanol–water partition coefficient (Wildman–Crippen LogP) is 5.50. The Morgan fingerprint density at radius 1 is 0.810 bits per heavy atom. The summed E-state index contributed by atoms with van der Waals surface area (Å²) in [4.78, 5) is 11.2. The molecule has 1 unspecified atom stereocenters. The van der Waals surface area contributed by atoms with E-state index in [9.17, 15) is 4.79 Å². The highest BCUT2D eigenvalue weighted by atomic mass is 32.1. The van der Waals surface area contributed by atoms with Gasteiger partial charge in [-0.1, -0.05) is 84.0 Å². The van der Waals surface area contributed by atoms with Gasteiger partial charge in [0.1, 0.15) is 0 Å². The zero-order chi connectivity index (χ0) is 15.8. The molecule has 0 fully saturated rings. The fourth-order valence-corrected chi connectivity index (χ4v) is 3.13. The number of nitrogens with two attached hydrogens (primary N) is 1. The largest absolute Gasteiger partial charge is 0.369 e. The Balaban J connectivity index is 3.23. The maximum atomic E-state index is 11.2. The van der Waals surface area contributed by atoms with E-state index in [-0.39, 0.29) is 11.8 Å². The molecular weight excluding hydrogens is 278 g/mol. The van der Waals surface area contributed by atoms with Gasteiger partial charge >= 0.3 is 0 Å². The van der Waals surface area contributed by atoms with Crippen molar-refractivity contribution in [2.45, 2.75) is 96.8 Å². The Labute approximate surface area is 138 Å². The standard InChI is InChI=1S/C18H37NOS/c1-2-3-4-5-6-7-8-9-10-11-12-13-14-17(15-16-21)18(19)20/h17,21H,2-16H2,1H3,(H2,19,20). The molecule has 0 aromatic carbocycles. The van der Waals surface area contributed by atoms with E-state index in [1.807, 2.05) is 0 Å². The molecule has 0 spiro atoms. The Bertz CT molecular complexity index is 233. The van der Waals surface area contributed by atoms with Crippen LogP contribution in [0.4, 0.5) is 0 Å². The highest BCUT2D eigenvalue weighted by molar-refractivity contribution is 7.80. The van der Waals surface area contributed by atoms with Gasteiger partial charge in [-0.05, 0) is 18.6 Å². The number of rotatable bonds is 16. The van der Waals surface area contributed by atoms with E-state index in [0.717, 1.165) is 25.0 Å². The van der Waals surface area contributed by atoms with Crippen molar-refractivity contribution in [3.63, 3.8) is 0 Å². The molecular formula is C18H37NOS. The molecule has 1 atom stereocenters. The number of unbranched alkanes of at least 4 members (excludes halogenated alkanes) is 11. The van der Waals surface area contributed by atoms with E-state index in [0.29, 0.717) is 0 Å². The Morgan fingerprint density at radius 3 is 1.62 bits per heavy atom. The second-order valence-corrected chi connectivity index (χ2v) is 6.74. The maximum Gasteiger partial charge on any atom is 0.220 e. The highest BCUT2D eigenvalue weighted by Gasteiger charge is 2.13. The Morgan fingerprint density at radius 2 is 1.24 bits per heavy atom. The minimum absolute atomic E-state index is 0.0469. The lowest BCUT2D eigenvalue weighted by Gasteiger charge is -2.11. The fourth-order valence-electron chi connectivity index (χ4n) is 2.82. The lowest BCUT2D eigenvalue weighted by Crippen LogP contribution is -2.23. The average Bonchev–Trinajstić information content (AvgIpc) is 2.47. The topological polar surface area (TPSA) is 43.1 Å². The third-order valence-electron chi connectivity index (χ3n) is 4.29. The lowest BCUT2D eigenvalue weighted by molar-refractivity contribution is -0.122. The van der Waals surface area contributed by atoms with Crippen molar-refractivity contribution < 1.29 is 4.79 Å². The normalized spacial score (nSPS) is 12.5. The van der Waals surface area contributed by atoms with E-state index in [1.165, 1.54) is 70.6 Å². The molecule has 0 aliphatic rings. The first-order valence-electron chi connectivity index (χ1n) is 9.12. The maximum absolute atomic E-state index is 11.2. The minimum Gasteiger partial charge on any atom is -0.369 e. The molecule has 0 aliphatic heterocycles. The average molecular weight is 316 g/mol. The summed E-state index contributed by atoms with van der Waals surface area (Å²) < 4.78 is 0. The fraction of sp³-hybridized carbons (Fsp3) is 0.944. The molecule has 3 heteroatoms. The molecule has 0 heterocycles. The van der Waals surface area contributed by atoms with Gasteiger partial charge in [0.2, 0.25) is 5.91 Å². The second kappa shape index (κ2) is 16.2. The zero-order valence-electron chi connectivity index (χ0n) is 14.1. The van der Waals surface area contributed by atoms with Crippen molar-refractivity contribution in [2.75, 3.05) is 5.75 Å². The third kappa shape index (κ3) is 14.5. The van der Waals surface area contributed by atoms with Crippen molar-refractivity contribution in [3.05, 3.63) is 0 Å². The zero-order valence-corrected chi connectivity index (χ0v) is 15.0. The predicted molar refractivity (Wildman–Crippen MR) is 96.8 cm³/mol.